The number of hydrogen-bond donors (Lipinski definition) is 1. The number of nitrogens with one attached hydrogen (secondary N) is 1. The summed E-state index contributed by atoms with van der Waals surface area (Å²) in [4.78, 5) is 0. The van der Waals surface area contributed by atoms with E-state index in [4.69, 9.17) is 5.26 Å². The Morgan fingerprint density at radius 3 is 2.56 bits per heavy atom. The molecule has 2 nitrogen and oxygen atoms in total. The Labute approximate surface area is 109 Å². The number of thiophene rings is 1. The van der Waals surface area contributed by atoms with Crippen LogP contribution in [0.15, 0.2) is 53.2 Å². The van der Waals surface area contributed by atoms with E-state index in [1.165, 1.54) is 0 Å². The molecule has 86 valence electrons. The molecule has 18 heavy (non-hydrogen) atoms. The smallest absolute Gasteiger partial charge is 0.0998 e. The molecule has 1 aromatic heterocycles. The first-order chi connectivity index (χ1) is 8.88. The maximum absolute atomic E-state index is 9.11. The molecule has 0 saturated heterocycles. The second-order valence-electron chi connectivity index (χ2n) is 3.96. The Morgan fingerprint density at radius 2 is 1.83 bits per heavy atom. The molecule has 3 aromatic rings. The van der Waals surface area contributed by atoms with Gasteiger partial charge in [-0.15, -0.1) is 0 Å². The zero-order valence-corrected chi connectivity index (χ0v) is 10.4. The first-order valence-electron chi connectivity index (χ1n) is 5.59. The van der Waals surface area contributed by atoms with Crippen molar-refractivity contribution < 1.29 is 0 Å². The van der Waals surface area contributed by atoms with E-state index in [1.807, 2.05) is 47.8 Å². The van der Waals surface area contributed by atoms with Crippen LogP contribution in [0.5, 0.6) is 0 Å². The molecule has 0 bridgehead atoms. The topological polar surface area (TPSA) is 35.8 Å². The summed E-state index contributed by atoms with van der Waals surface area (Å²) < 4.78 is 0. The van der Waals surface area contributed by atoms with E-state index >= 15 is 0 Å². The Morgan fingerprint density at radius 1 is 1.00 bits per heavy atom. The van der Waals surface area contributed by atoms with Crippen molar-refractivity contribution in [3.8, 4) is 6.07 Å². The van der Waals surface area contributed by atoms with Crippen molar-refractivity contribution in [2.24, 2.45) is 0 Å². The number of nitriles is 1. The molecule has 1 heterocycles. The lowest BCUT2D eigenvalue weighted by Gasteiger charge is -2.09. The van der Waals surface area contributed by atoms with Crippen molar-refractivity contribution in [1.82, 2.24) is 0 Å². The van der Waals surface area contributed by atoms with Crippen LogP contribution in [0.4, 0.5) is 11.4 Å². The largest absolute Gasteiger partial charge is 0.354 e. The Kier molecular flexibility index (Phi) is 2.71. The lowest BCUT2D eigenvalue weighted by atomic mass is 10.0. The van der Waals surface area contributed by atoms with E-state index in [9.17, 15) is 0 Å². The van der Waals surface area contributed by atoms with Gasteiger partial charge < -0.3 is 5.32 Å². The van der Waals surface area contributed by atoms with Crippen LogP contribution in [-0.4, -0.2) is 0 Å². The van der Waals surface area contributed by atoms with Gasteiger partial charge in [-0.3, -0.25) is 0 Å². The van der Waals surface area contributed by atoms with Crippen LogP contribution in [0.2, 0.25) is 0 Å². The van der Waals surface area contributed by atoms with E-state index in [-0.39, 0.29) is 0 Å². The van der Waals surface area contributed by atoms with Crippen LogP contribution >= 0.6 is 11.3 Å². The molecule has 0 aliphatic rings. The van der Waals surface area contributed by atoms with Crippen molar-refractivity contribution in [2.45, 2.75) is 0 Å². The summed E-state index contributed by atoms with van der Waals surface area (Å²) in [6.45, 7) is 0. The Hall–Kier alpha value is -2.31. The van der Waals surface area contributed by atoms with Gasteiger partial charge in [0.05, 0.1) is 11.6 Å². The molecule has 0 atom stereocenters. The summed E-state index contributed by atoms with van der Waals surface area (Å²) in [7, 11) is 0. The molecule has 0 saturated carbocycles. The SMILES string of the molecule is N#Cc1ccc(Nc2ccsc2)c2ccccc12. The molecule has 0 spiro atoms. The number of hydrogen-bond acceptors (Lipinski definition) is 3. The van der Waals surface area contributed by atoms with Crippen LogP contribution in [0.3, 0.4) is 0 Å². The lowest BCUT2D eigenvalue weighted by molar-refractivity contribution is 1.50. The Balaban J connectivity index is 2.16. The Bertz CT molecular complexity index is 724. The minimum Gasteiger partial charge on any atom is -0.354 e. The van der Waals surface area contributed by atoms with E-state index in [2.05, 4.69) is 16.8 Å². The van der Waals surface area contributed by atoms with Crippen molar-refractivity contribution in [1.29, 1.82) is 5.26 Å². The van der Waals surface area contributed by atoms with Gasteiger partial charge in [-0.05, 0) is 23.6 Å². The lowest BCUT2D eigenvalue weighted by Crippen LogP contribution is -1.91. The minimum absolute atomic E-state index is 0.710. The minimum atomic E-state index is 0.710. The summed E-state index contributed by atoms with van der Waals surface area (Å²) in [5, 5.41) is 18.7. The van der Waals surface area contributed by atoms with Gasteiger partial charge in [0, 0.05) is 27.5 Å². The highest BCUT2D eigenvalue weighted by atomic mass is 32.1. The van der Waals surface area contributed by atoms with Gasteiger partial charge in [0.1, 0.15) is 0 Å². The second-order valence-corrected chi connectivity index (χ2v) is 4.74. The fourth-order valence-corrected chi connectivity index (χ4v) is 2.58. The first kappa shape index (κ1) is 10.8. The highest BCUT2D eigenvalue weighted by molar-refractivity contribution is 7.08. The molecular formula is C15H10N2S. The predicted octanol–water partition coefficient (Wildman–Crippen LogP) is 4.52. The standard InChI is InChI=1S/C15H10N2S/c16-9-11-5-6-15(17-12-7-8-18-10-12)14-4-2-1-3-13(11)14/h1-8,10,17H. The van der Waals surface area contributed by atoms with Crippen molar-refractivity contribution in [2.75, 3.05) is 5.32 Å². The third kappa shape index (κ3) is 1.83. The zero-order valence-electron chi connectivity index (χ0n) is 9.55. The zero-order chi connectivity index (χ0) is 12.4. The molecule has 0 unspecified atom stereocenters. The first-order valence-corrected chi connectivity index (χ1v) is 6.54. The molecule has 0 amide bonds. The fourth-order valence-electron chi connectivity index (χ4n) is 2.00. The molecule has 0 radical (unpaired) electrons. The van der Waals surface area contributed by atoms with Crippen LogP contribution in [0, 0.1) is 11.3 Å². The predicted molar refractivity (Wildman–Crippen MR) is 76.3 cm³/mol. The number of fused-ring (bicyclic) bond motifs is 1. The summed E-state index contributed by atoms with van der Waals surface area (Å²) in [5.41, 5.74) is 2.82. The van der Waals surface area contributed by atoms with E-state index in [1.54, 1.807) is 11.3 Å². The highest BCUT2D eigenvalue weighted by Crippen LogP contribution is 2.29. The number of rotatable bonds is 2. The van der Waals surface area contributed by atoms with Crippen LogP contribution in [0.1, 0.15) is 5.56 Å². The molecule has 0 aliphatic heterocycles. The third-order valence-corrected chi connectivity index (χ3v) is 3.53. The molecule has 3 rings (SSSR count). The van der Waals surface area contributed by atoms with Crippen molar-refractivity contribution >= 4 is 33.5 Å². The normalized spacial score (nSPS) is 10.2. The van der Waals surface area contributed by atoms with Gasteiger partial charge in [-0.1, -0.05) is 24.3 Å². The third-order valence-electron chi connectivity index (χ3n) is 2.84. The van der Waals surface area contributed by atoms with Gasteiger partial charge in [-0.2, -0.15) is 16.6 Å². The number of nitrogens with zero attached hydrogens (tertiary/aromatic N) is 1. The van der Waals surface area contributed by atoms with Crippen molar-refractivity contribution in [3.63, 3.8) is 0 Å². The molecule has 0 aliphatic carbocycles. The molecule has 3 heteroatoms. The van der Waals surface area contributed by atoms with Gasteiger partial charge >= 0.3 is 0 Å². The maximum Gasteiger partial charge on any atom is 0.0998 e. The quantitative estimate of drug-likeness (QED) is 0.726. The average molecular weight is 250 g/mol. The van der Waals surface area contributed by atoms with Crippen LogP contribution in [0.25, 0.3) is 10.8 Å². The van der Waals surface area contributed by atoms with E-state index < -0.39 is 0 Å². The van der Waals surface area contributed by atoms with E-state index in [0.717, 1.165) is 22.1 Å². The average Bonchev–Trinajstić information content (AvgIpc) is 2.92. The van der Waals surface area contributed by atoms with Gasteiger partial charge in [0.2, 0.25) is 0 Å². The van der Waals surface area contributed by atoms with E-state index in [0.29, 0.717) is 5.56 Å². The van der Waals surface area contributed by atoms with Gasteiger partial charge in [-0.25, -0.2) is 0 Å². The molecule has 1 N–H and O–H groups in total. The summed E-state index contributed by atoms with van der Waals surface area (Å²) in [5.74, 6) is 0. The summed E-state index contributed by atoms with van der Waals surface area (Å²) in [6, 6.07) is 16.0. The number of benzene rings is 2. The highest BCUT2D eigenvalue weighted by Gasteiger charge is 2.05. The summed E-state index contributed by atoms with van der Waals surface area (Å²) >= 11 is 1.66. The molecule has 2 aromatic carbocycles. The maximum atomic E-state index is 9.11. The van der Waals surface area contributed by atoms with Crippen molar-refractivity contribution in [3.05, 3.63) is 58.8 Å². The van der Waals surface area contributed by atoms with Crippen LogP contribution < -0.4 is 5.32 Å². The van der Waals surface area contributed by atoms with Gasteiger partial charge in [0.25, 0.3) is 0 Å². The fraction of sp³-hybridized carbons (Fsp3) is 0. The molecule has 0 fully saturated rings. The summed E-state index contributed by atoms with van der Waals surface area (Å²) in [6.07, 6.45) is 0. The number of anilines is 2. The monoisotopic (exact) mass is 250 g/mol. The van der Waals surface area contributed by atoms with Gasteiger partial charge in [0.15, 0.2) is 0 Å². The van der Waals surface area contributed by atoms with Crippen LogP contribution in [-0.2, 0) is 0 Å². The second kappa shape index (κ2) is 4.52. The molecular weight excluding hydrogens is 240 g/mol.